The van der Waals surface area contributed by atoms with Crippen LogP contribution in [0.3, 0.4) is 0 Å². The Labute approximate surface area is 212 Å². The fourth-order valence-corrected chi connectivity index (χ4v) is 3.79. The summed E-state index contributed by atoms with van der Waals surface area (Å²) < 4.78 is 6.14. The highest BCUT2D eigenvalue weighted by atomic mass is 79.9. The van der Waals surface area contributed by atoms with Crippen molar-refractivity contribution in [1.29, 1.82) is 0 Å². The molecule has 3 rings (SSSR count). The largest absolute Gasteiger partial charge is 0.488 e. The van der Waals surface area contributed by atoms with E-state index in [4.69, 9.17) is 25.4 Å². The topological polar surface area (TPSA) is 135 Å². The molecule has 0 aromatic heterocycles. The molecular formula is C24H27BBrN3O6. The summed E-state index contributed by atoms with van der Waals surface area (Å²) in [5.74, 6) is -0.458. The minimum atomic E-state index is -1.59. The Balaban J connectivity index is 1.54. The van der Waals surface area contributed by atoms with Crippen LogP contribution in [0.4, 0.5) is 5.69 Å². The van der Waals surface area contributed by atoms with Gasteiger partial charge in [0.05, 0.1) is 24.5 Å². The van der Waals surface area contributed by atoms with Gasteiger partial charge < -0.3 is 20.5 Å². The summed E-state index contributed by atoms with van der Waals surface area (Å²) in [6.45, 7) is 2.60. The number of fused-ring (bicyclic) bond motifs is 1. The fraction of sp³-hybridized carbons (Fsp3) is 0.292. The summed E-state index contributed by atoms with van der Waals surface area (Å²) in [6.07, 6.45) is 3.06. The zero-order valence-electron chi connectivity index (χ0n) is 19.3. The standard InChI is InChI=1S/C24H27BBrN3O6/c1-2-35-29(11-3-4-12-34-24(31)16-5-8-19(9-6-16)25(32)33)23(30)18-13-17-7-10-20(26)15-21(17)28-22(27)14-18/h5-10,13,15,32-33H,2-4,11-12,14H2,1H3,(H2,27,28). The van der Waals surface area contributed by atoms with E-state index in [2.05, 4.69) is 20.9 Å². The molecule has 0 fully saturated rings. The van der Waals surface area contributed by atoms with E-state index in [1.807, 2.05) is 18.2 Å². The molecule has 11 heteroatoms. The minimum Gasteiger partial charge on any atom is -0.462 e. The number of amides is 1. The number of amidine groups is 1. The molecule has 1 amide bonds. The van der Waals surface area contributed by atoms with E-state index in [-0.39, 0.29) is 24.4 Å². The third kappa shape index (κ3) is 7.50. The van der Waals surface area contributed by atoms with Gasteiger partial charge in [-0.2, -0.15) is 0 Å². The summed E-state index contributed by atoms with van der Waals surface area (Å²) in [4.78, 5) is 35.3. The average molecular weight is 544 g/mol. The summed E-state index contributed by atoms with van der Waals surface area (Å²) in [5.41, 5.74) is 8.61. The Hall–Kier alpha value is -2.99. The number of hydroxylamine groups is 2. The Morgan fingerprint density at radius 2 is 1.91 bits per heavy atom. The molecule has 0 atom stereocenters. The van der Waals surface area contributed by atoms with Crippen molar-refractivity contribution in [3.63, 3.8) is 0 Å². The van der Waals surface area contributed by atoms with E-state index in [9.17, 15) is 9.59 Å². The van der Waals surface area contributed by atoms with Crippen LogP contribution in [0.2, 0.25) is 0 Å². The first-order valence-electron chi connectivity index (χ1n) is 11.2. The molecule has 0 unspecified atom stereocenters. The summed E-state index contributed by atoms with van der Waals surface area (Å²) >= 11 is 3.42. The normalized spacial score (nSPS) is 12.7. The number of halogens is 1. The number of rotatable bonds is 10. The molecule has 9 nitrogen and oxygen atoms in total. The average Bonchev–Trinajstić information content (AvgIpc) is 3.00. The number of nitrogens with zero attached hydrogens (tertiary/aromatic N) is 2. The van der Waals surface area contributed by atoms with Gasteiger partial charge in [0.25, 0.3) is 5.91 Å². The second-order valence-corrected chi connectivity index (χ2v) is 8.73. The van der Waals surface area contributed by atoms with Gasteiger partial charge in [-0.25, -0.2) is 14.9 Å². The van der Waals surface area contributed by atoms with Crippen molar-refractivity contribution in [2.24, 2.45) is 10.7 Å². The number of aliphatic imine (C=N–C) groups is 1. The van der Waals surface area contributed by atoms with E-state index in [1.165, 1.54) is 29.3 Å². The maximum Gasteiger partial charge on any atom is 0.488 e. The molecule has 0 aliphatic carbocycles. The van der Waals surface area contributed by atoms with Crippen LogP contribution < -0.4 is 11.2 Å². The molecule has 1 aliphatic rings. The molecule has 0 spiro atoms. The van der Waals surface area contributed by atoms with Crippen molar-refractivity contribution in [1.82, 2.24) is 5.06 Å². The fourth-order valence-electron chi connectivity index (χ4n) is 3.44. The molecule has 0 radical (unpaired) electrons. The first-order chi connectivity index (χ1) is 16.8. The number of benzene rings is 2. The van der Waals surface area contributed by atoms with E-state index in [0.29, 0.717) is 48.7 Å². The highest BCUT2D eigenvalue weighted by Crippen LogP contribution is 2.30. The van der Waals surface area contributed by atoms with Gasteiger partial charge in [-0.15, -0.1) is 0 Å². The number of nitrogens with two attached hydrogens (primary N) is 1. The molecule has 35 heavy (non-hydrogen) atoms. The lowest BCUT2D eigenvalue weighted by atomic mass is 9.80. The molecule has 2 aromatic rings. The van der Waals surface area contributed by atoms with E-state index < -0.39 is 13.1 Å². The van der Waals surface area contributed by atoms with Crippen LogP contribution in [-0.2, 0) is 14.4 Å². The highest BCUT2D eigenvalue weighted by molar-refractivity contribution is 9.10. The molecule has 1 aliphatic heterocycles. The number of ether oxygens (including phenoxy) is 1. The first kappa shape index (κ1) is 26.6. The Bertz CT molecular complexity index is 1120. The van der Waals surface area contributed by atoms with Crippen molar-refractivity contribution in [2.45, 2.75) is 26.2 Å². The van der Waals surface area contributed by atoms with Gasteiger partial charge in [0, 0.05) is 28.6 Å². The Kier molecular flexibility index (Phi) is 9.61. The summed E-state index contributed by atoms with van der Waals surface area (Å²) in [6, 6.07) is 11.4. The smallest absolute Gasteiger partial charge is 0.462 e. The van der Waals surface area contributed by atoms with Crippen molar-refractivity contribution in [3.8, 4) is 0 Å². The number of hydrogen-bond acceptors (Lipinski definition) is 8. The van der Waals surface area contributed by atoms with Crippen LogP contribution in [0.25, 0.3) is 6.08 Å². The van der Waals surface area contributed by atoms with E-state index in [1.54, 1.807) is 13.0 Å². The van der Waals surface area contributed by atoms with Crippen molar-refractivity contribution >= 4 is 58.0 Å². The summed E-state index contributed by atoms with van der Waals surface area (Å²) in [5, 5.41) is 19.6. The molecule has 184 valence electrons. The van der Waals surface area contributed by atoms with Gasteiger partial charge in [0.1, 0.15) is 5.84 Å². The van der Waals surface area contributed by atoms with Crippen molar-refractivity contribution < 1.29 is 29.2 Å². The molecular weight excluding hydrogens is 517 g/mol. The molecule has 0 saturated carbocycles. The summed E-state index contributed by atoms with van der Waals surface area (Å²) in [7, 11) is -1.59. The highest BCUT2D eigenvalue weighted by Gasteiger charge is 2.22. The first-order valence-corrected chi connectivity index (χ1v) is 12.0. The quantitative estimate of drug-likeness (QED) is 0.181. The molecule has 2 aromatic carbocycles. The van der Waals surface area contributed by atoms with Crippen molar-refractivity contribution in [2.75, 3.05) is 19.8 Å². The number of unbranched alkanes of at least 4 members (excludes halogenated alkanes) is 1. The molecule has 4 N–H and O–H groups in total. The predicted molar refractivity (Wildman–Crippen MR) is 137 cm³/mol. The van der Waals surface area contributed by atoms with Gasteiger partial charge in [-0.3, -0.25) is 9.63 Å². The van der Waals surface area contributed by atoms with Crippen LogP contribution >= 0.6 is 15.9 Å². The van der Waals surface area contributed by atoms with Gasteiger partial charge in [0.15, 0.2) is 0 Å². The lowest BCUT2D eigenvalue weighted by Gasteiger charge is -2.22. The number of esters is 1. The lowest BCUT2D eigenvalue weighted by molar-refractivity contribution is -0.180. The lowest BCUT2D eigenvalue weighted by Crippen LogP contribution is -2.34. The second-order valence-electron chi connectivity index (χ2n) is 7.82. The zero-order chi connectivity index (χ0) is 25.4. The van der Waals surface area contributed by atoms with Gasteiger partial charge in [-0.05, 0) is 55.6 Å². The number of carbonyl (C=O) groups is 2. The Morgan fingerprint density at radius 1 is 1.17 bits per heavy atom. The number of hydrogen-bond donors (Lipinski definition) is 3. The third-order valence-corrected chi connectivity index (χ3v) is 5.67. The van der Waals surface area contributed by atoms with Gasteiger partial charge >= 0.3 is 13.1 Å². The SMILES string of the molecule is CCON(CCCCOC(=O)c1ccc(B(O)O)cc1)C(=O)C1=Cc2ccc(Br)cc2N=C(N)C1. The van der Waals surface area contributed by atoms with Crippen LogP contribution in [0.1, 0.15) is 42.1 Å². The molecule has 1 heterocycles. The van der Waals surface area contributed by atoms with E-state index >= 15 is 0 Å². The van der Waals surface area contributed by atoms with Crippen molar-refractivity contribution in [3.05, 3.63) is 63.6 Å². The van der Waals surface area contributed by atoms with Gasteiger partial charge in [-0.1, -0.05) is 34.1 Å². The van der Waals surface area contributed by atoms with Crippen LogP contribution in [0.15, 0.2) is 57.5 Å². The van der Waals surface area contributed by atoms with Gasteiger partial charge in [0.2, 0.25) is 0 Å². The predicted octanol–water partition coefficient (Wildman–Crippen LogP) is 2.32. The molecule has 0 bridgehead atoms. The zero-order valence-corrected chi connectivity index (χ0v) is 20.9. The second kappa shape index (κ2) is 12.6. The van der Waals surface area contributed by atoms with E-state index in [0.717, 1.165) is 10.0 Å². The maximum absolute atomic E-state index is 13.2. The van der Waals surface area contributed by atoms with Crippen LogP contribution in [0, 0.1) is 0 Å². The number of carbonyl (C=O) groups excluding carboxylic acids is 2. The third-order valence-electron chi connectivity index (χ3n) is 5.18. The maximum atomic E-state index is 13.2. The van der Waals surface area contributed by atoms with Crippen LogP contribution in [-0.4, -0.2) is 59.7 Å². The monoisotopic (exact) mass is 543 g/mol. The van der Waals surface area contributed by atoms with Crippen LogP contribution in [0.5, 0.6) is 0 Å². The Morgan fingerprint density at radius 3 is 2.60 bits per heavy atom. The minimum absolute atomic E-state index is 0.169. The molecule has 0 saturated heterocycles.